The van der Waals surface area contributed by atoms with E-state index in [4.69, 9.17) is 10.5 Å². The second-order valence-corrected chi connectivity index (χ2v) is 5.57. The lowest BCUT2D eigenvalue weighted by molar-refractivity contribution is 0.192. The molecule has 0 aliphatic heterocycles. The number of nitrogens with two attached hydrogens (primary N) is 1. The van der Waals surface area contributed by atoms with E-state index in [0.717, 1.165) is 19.3 Å². The van der Waals surface area contributed by atoms with Gasteiger partial charge in [0.1, 0.15) is 10.7 Å². The molecule has 0 spiro atoms. The summed E-state index contributed by atoms with van der Waals surface area (Å²) in [4.78, 5) is 3.79. The van der Waals surface area contributed by atoms with Crippen LogP contribution in [0.25, 0.3) is 0 Å². The summed E-state index contributed by atoms with van der Waals surface area (Å²) in [6, 6.07) is 2.99. The normalized spacial score (nSPS) is 11.6. The standard InChI is InChI=1S/C11H19N3O3S/c1-17-9-4-2-3-8-14-18(15,16)10-6-5-7-13-11(10)12/h5-7,14H,2-4,8-9H2,1H3,(H2,12,13). The van der Waals surface area contributed by atoms with E-state index in [1.54, 1.807) is 13.2 Å². The van der Waals surface area contributed by atoms with E-state index in [1.165, 1.54) is 12.3 Å². The molecular weight excluding hydrogens is 254 g/mol. The fraction of sp³-hybridized carbons (Fsp3) is 0.545. The SMILES string of the molecule is COCCCCCNS(=O)(=O)c1cccnc1N. The zero-order chi connectivity index (χ0) is 13.4. The summed E-state index contributed by atoms with van der Waals surface area (Å²) >= 11 is 0. The summed E-state index contributed by atoms with van der Waals surface area (Å²) in [5.74, 6) is 0.0179. The molecule has 0 saturated carbocycles. The van der Waals surface area contributed by atoms with Gasteiger partial charge in [0.25, 0.3) is 0 Å². The van der Waals surface area contributed by atoms with E-state index in [9.17, 15) is 8.42 Å². The van der Waals surface area contributed by atoms with Crippen LogP contribution < -0.4 is 10.5 Å². The molecule has 102 valence electrons. The van der Waals surface area contributed by atoms with Gasteiger partial charge in [-0.15, -0.1) is 0 Å². The Morgan fingerprint density at radius 2 is 2.17 bits per heavy atom. The third kappa shape index (κ3) is 4.59. The summed E-state index contributed by atoms with van der Waals surface area (Å²) in [6.07, 6.45) is 4.06. The molecule has 0 unspecified atom stereocenters. The molecule has 18 heavy (non-hydrogen) atoms. The van der Waals surface area contributed by atoms with E-state index in [2.05, 4.69) is 9.71 Å². The number of nitrogens with one attached hydrogen (secondary N) is 1. The third-order valence-electron chi connectivity index (χ3n) is 2.41. The Kier molecular flexibility index (Phi) is 6.03. The first-order valence-electron chi connectivity index (χ1n) is 5.77. The summed E-state index contributed by atoms with van der Waals surface area (Å²) in [5.41, 5.74) is 5.53. The van der Waals surface area contributed by atoms with Gasteiger partial charge >= 0.3 is 0 Å². The number of rotatable bonds is 8. The Bertz CT molecular complexity index is 462. The number of sulfonamides is 1. The van der Waals surface area contributed by atoms with Gasteiger partial charge in [0.2, 0.25) is 10.0 Å². The Balaban J connectivity index is 2.44. The molecule has 1 aromatic rings. The van der Waals surface area contributed by atoms with Gasteiger partial charge in [-0.05, 0) is 31.4 Å². The molecule has 1 rings (SSSR count). The maximum absolute atomic E-state index is 11.9. The van der Waals surface area contributed by atoms with E-state index in [1.807, 2.05) is 0 Å². The largest absolute Gasteiger partial charge is 0.385 e. The van der Waals surface area contributed by atoms with Crippen LogP contribution in [-0.4, -0.2) is 33.7 Å². The summed E-state index contributed by atoms with van der Waals surface area (Å²) < 4.78 is 31.2. The molecule has 0 aromatic carbocycles. The first-order chi connectivity index (χ1) is 8.58. The van der Waals surface area contributed by atoms with Crippen molar-refractivity contribution in [3.8, 4) is 0 Å². The molecule has 0 saturated heterocycles. The molecule has 1 aromatic heterocycles. The molecule has 3 N–H and O–H groups in total. The van der Waals surface area contributed by atoms with E-state index >= 15 is 0 Å². The Morgan fingerprint density at radius 3 is 2.83 bits per heavy atom. The minimum absolute atomic E-state index is 0.0179. The molecule has 0 bridgehead atoms. The lowest BCUT2D eigenvalue weighted by atomic mass is 10.2. The number of anilines is 1. The highest BCUT2D eigenvalue weighted by molar-refractivity contribution is 7.89. The van der Waals surface area contributed by atoms with Crippen molar-refractivity contribution in [2.24, 2.45) is 0 Å². The highest BCUT2D eigenvalue weighted by atomic mass is 32.2. The number of nitrogens with zero attached hydrogens (tertiary/aromatic N) is 1. The number of aromatic nitrogens is 1. The number of hydrogen-bond donors (Lipinski definition) is 2. The molecule has 0 aliphatic rings. The van der Waals surface area contributed by atoms with Crippen molar-refractivity contribution in [1.29, 1.82) is 0 Å². The molecule has 7 heteroatoms. The third-order valence-corrected chi connectivity index (χ3v) is 3.91. The average molecular weight is 273 g/mol. The van der Waals surface area contributed by atoms with E-state index in [0.29, 0.717) is 13.2 Å². The summed E-state index contributed by atoms with van der Waals surface area (Å²) in [6.45, 7) is 1.09. The number of nitrogen functional groups attached to an aromatic ring is 1. The highest BCUT2D eigenvalue weighted by Gasteiger charge is 2.16. The van der Waals surface area contributed by atoms with Crippen molar-refractivity contribution >= 4 is 15.8 Å². The van der Waals surface area contributed by atoms with Crippen molar-refractivity contribution in [3.05, 3.63) is 18.3 Å². The average Bonchev–Trinajstić information content (AvgIpc) is 2.34. The first kappa shape index (κ1) is 14.9. The van der Waals surface area contributed by atoms with Gasteiger partial charge in [-0.2, -0.15) is 0 Å². The van der Waals surface area contributed by atoms with Gasteiger partial charge in [-0.3, -0.25) is 0 Å². The predicted octanol–water partition coefficient (Wildman–Crippen LogP) is 0.759. The first-order valence-corrected chi connectivity index (χ1v) is 7.25. The smallest absolute Gasteiger partial charge is 0.244 e. The maximum Gasteiger partial charge on any atom is 0.244 e. The van der Waals surface area contributed by atoms with Crippen molar-refractivity contribution in [2.75, 3.05) is 26.0 Å². The zero-order valence-corrected chi connectivity index (χ0v) is 11.2. The van der Waals surface area contributed by atoms with Crippen molar-refractivity contribution in [3.63, 3.8) is 0 Å². The number of hydrogen-bond acceptors (Lipinski definition) is 5. The Hall–Kier alpha value is -1.18. The Morgan fingerprint density at radius 1 is 1.39 bits per heavy atom. The zero-order valence-electron chi connectivity index (χ0n) is 10.4. The van der Waals surface area contributed by atoms with E-state index in [-0.39, 0.29) is 10.7 Å². The lowest BCUT2D eigenvalue weighted by Gasteiger charge is -2.07. The molecular formula is C11H19N3O3S. The fourth-order valence-electron chi connectivity index (χ4n) is 1.46. The fourth-order valence-corrected chi connectivity index (χ4v) is 2.62. The molecule has 0 radical (unpaired) electrons. The topological polar surface area (TPSA) is 94.3 Å². The van der Waals surface area contributed by atoms with Crippen LogP contribution in [0.3, 0.4) is 0 Å². The number of ether oxygens (including phenoxy) is 1. The quantitative estimate of drug-likeness (QED) is 0.682. The second-order valence-electron chi connectivity index (χ2n) is 3.84. The highest BCUT2D eigenvalue weighted by Crippen LogP contribution is 2.13. The summed E-state index contributed by atoms with van der Waals surface area (Å²) in [5, 5.41) is 0. The van der Waals surface area contributed by atoms with Crippen molar-refractivity contribution in [1.82, 2.24) is 9.71 Å². The molecule has 1 heterocycles. The maximum atomic E-state index is 11.9. The van der Waals surface area contributed by atoms with Gasteiger partial charge in [0, 0.05) is 26.5 Å². The molecule has 6 nitrogen and oxygen atoms in total. The second kappa shape index (κ2) is 7.30. The monoisotopic (exact) mass is 273 g/mol. The minimum Gasteiger partial charge on any atom is -0.385 e. The van der Waals surface area contributed by atoms with Crippen LogP contribution in [0.5, 0.6) is 0 Å². The van der Waals surface area contributed by atoms with Crippen LogP contribution in [0.1, 0.15) is 19.3 Å². The van der Waals surface area contributed by atoms with Gasteiger partial charge in [-0.25, -0.2) is 18.1 Å². The van der Waals surface area contributed by atoms with Crippen LogP contribution in [0, 0.1) is 0 Å². The van der Waals surface area contributed by atoms with Crippen LogP contribution in [0.2, 0.25) is 0 Å². The minimum atomic E-state index is -3.55. The summed E-state index contributed by atoms with van der Waals surface area (Å²) in [7, 11) is -1.91. The number of unbranched alkanes of at least 4 members (excludes halogenated alkanes) is 2. The Labute approximate surface area is 108 Å². The van der Waals surface area contributed by atoms with Gasteiger partial charge in [-0.1, -0.05) is 0 Å². The molecule has 0 amide bonds. The van der Waals surface area contributed by atoms with E-state index < -0.39 is 10.0 Å². The molecule has 0 aliphatic carbocycles. The number of methoxy groups -OCH3 is 1. The van der Waals surface area contributed by atoms with Gasteiger partial charge in [0.05, 0.1) is 0 Å². The lowest BCUT2D eigenvalue weighted by Crippen LogP contribution is -2.25. The van der Waals surface area contributed by atoms with Crippen molar-refractivity contribution < 1.29 is 13.2 Å². The molecule has 0 fully saturated rings. The van der Waals surface area contributed by atoms with Crippen molar-refractivity contribution in [2.45, 2.75) is 24.2 Å². The number of pyridine rings is 1. The van der Waals surface area contributed by atoms with Gasteiger partial charge in [0.15, 0.2) is 0 Å². The van der Waals surface area contributed by atoms with Crippen LogP contribution in [0.15, 0.2) is 23.2 Å². The van der Waals surface area contributed by atoms with Crippen LogP contribution in [-0.2, 0) is 14.8 Å². The van der Waals surface area contributed by atoms with Crippen LogP contribution >= 0.6 is 0 Å². The predicted molar refractivity (Wildman–Crippen MR) is 69.6 cm³/mol. The molecule has 0 atom stereocenters. The van der Waals surface area contributed by atoms with Gasteiger partial charge < -0.3 is 10.5 Å². The van der Waals surface area contributed by atoms with Crippen LogP contribution in [0.4, 0.5) is 5.82 Å².